The molecule has 0 aliphatic carbocycles. The molecule has 0 atom stereocenters. The summed E-state index contributed by atoms with van der Waals surface area (Å²) in [6.45, 7) is 6.64. The zero-order valence-corrected chi connectivity index (χ0v) is 18.3. The molecule has 0 fully saturated rings. The molecular formula is C21H31FN4O2S. The monoisotopic (exact) mass is 422 g/mol. The first-order valence-electron chi connectivity index (χ1n) is 9.45. The van der Waals surface area contributed by atoms with Crippen molar-refractivity contribution in [3.05, 3.63) is 42.6 Å². The van der Waals surface area contributed by atoms with E-state index >= 15 is 0 Å². The van der Waals surface area contributed by atoms with Crippen LogP contribution in [0.3, 0.4) is 0 Å². The summed E-state index contributed by atoms with van der Waals surface area (Å²) in [7, 11) is 2.17. The molecule has 1 aromatic heterocycles. The lowest BCUT2D eigenvalue weighted by Crippen LogP contribution is -2.14. The number of nitrogen functional groups attached to an aromatic ring is 1. The zero-order chi connectivity index (χ0) is 21.5. The number of nitrogens with two attached hydrogens (primary N) is 1. The summed E-state index contributed by atoms with van der Waals surface area (Å²) in [5, 5.41) is 8.32. The number of aromatic amines is 1. The molecular weight excluding hydrogens is 391 g/mol. The quantitative estimate of drug-likeness (QED) is 0.264. The minimum Gasteiger partial charge on any atom is -0.399 e. The van der Waals surface area contributed by atoms with Gasteiger partial charge in [0, 0.05) is 29.6 Å². The zero-order valence-electron chi connectivity index (χ0n) is 17.5. The molecule has 4 N–H and O–H groups in total. The fourth-order valence-corrected chi connectivity index (χ4v) is 3.18. The number of hydrogen-bond acceptors (Lipinski definition) is 6. The van der Waals surface area contributed by atoms with Crippen molar-refractivity contribution in [2.24, 2.45) is 0 Å². The van der Waals surface area contributed by atoms with E-state index in [1.165, 1.54) is 0 Å². The number of H-pyrrole nitrogens is 1. The van der Waals surface area contributed by atoms with Crippen molar-refractivity contribution in [3.63, 3.8) is 0 Å². The van der Waals surface area contributed by atoms with E-state index in [-0.39, 0.29) is 0 Å². The van der Waals surface area contributed by atoms with Crippen molar-refractivity contribution < 1.29 is 13.9 Å². The van der Waals surface area contributed by atoms with Gasteiger partial charge in [0.1, 0.15) is 0 Å². The van der Waals surface area contributed by atoms with Gasteiger partial charge in [0.15, 0.2) is 0 Å². The number of nitrogens with zero attached hydrogens (tertiary/aromatic N) is 1. The van der Waals surface area contributed by atoms with Gasteiger partial charge in [-0.3, -0.25) is 14.2 Å². The average molecular weight is 423 g/mol. The van der Waals surface area contributed by atoms with Crippen LogP contribution in [0.5, 0.6) is 0 Å². The third-order valence-electron chi connectivity index (χ3n) is 3.72. The lowest BCUT2D eigenvalue weighted by molar-refractivity contribution is 0.0738. The predicted molar refractivity (Wildman–Crippen MR) is 121 cm³/mol. The fraction of sp³-hybridized carbons (Fsp3) is 0.381. The highest BCUT2D eigenvalue weighted by atomic mass is 32.2. The summed E-state index contributed by atoms with van der Waals surface area (Å²) >= 11 is 1.58. The van der Waals surface area contributed by atoms with E-state index < -0.39 is 0 Å². The molecule has 29 heavy (non-hydrogen) atoms. The number of fused-ring (bicyclic) bond motifs is 1. The van der Waals surface area contributed by atoms with Crippen LogP contribution in [0.25, 0.3) is 22.0 Å². The number of aromatic nitrogens is 2. The van der Waals surface area contributed by atoms with Crippen LogP contribution in [-0.2, 0) is 9.47 Å². The number of halogens is 1. The summed E-state index contributed by atoms with van der Waals surface area (Å²) in [5.41, 5.74) is 9.81. The Morgan fingerprint density at radius 1 is 1.10 bits per heavy atom. The maximum absolute atomic E-state index is 9.50. The number of methoxy groups -OCH3 is 1. The molecule has 3 aromatic rings. The number of alkyl halides is 1. The number of rotatable bonds is 9. The molecule has 2 aromatic carbocycles. The van der Waals surface area contributed by atoms with Gasteiger partial charge < -0.3 is 15.2 Å². The molecule has 0 bridgehead atoms. The van der Waals surface area contributed by atoms with Crippen LogP contribution in [0.1, 0.15) is 13.8 Å². The molecule has 3 rings (SSSR count). The van der Waals surface area contributed by atoms with E-state index in [0.717, 1.165) is 39.2 Å². The first-order valence-corrected chi connectivity index (χ1v) is 10.3. The van der Waals surface area contributed by atoms with Crippen LogP contribution >= 0.6 is 11.9 Å². The maximum atomic E-state index is 9.50. The van der Waals surface area contributed by atoms with Crippen LogP contribution < -0.4 is 10.5 Å². The van der Waals surface area contributed by atoms with E-state index in [1.807, 2.05) is 44.3 Å². The van der Waals surface area contributed by atoms with Crippen LogP contribution in [0.2, 0.25) is 0 Å². The molecule has 0 aliphatic rings. The van der Waals surface area contributed by atoms with Gasteiger partial charge in [-0.1, -0.05) is 26.0 Å². The molecule has 0 radical (unpaired) electrons. The number of anilines is 1. The summed E-state index contributed by atoms with van der Waals surface area (Å²) in [5.74, 6) is 0. The number of hydrogen-bond donors (Lipinski definition) is 3. The fourth-order valence-electron chi connectivity index (χ4n) is 2.48. The second-order valence-electron chi connectivity index (χ2n) is 5.53. The Bertz CT molecular complexity index is 812. The predicted octanol–water partition coefficient (Wildman–Crippen LogP) is 4.68. The van der Waals surface area contributed by atoms with Crippen molar-refractivity contribution >= 4 is 28.5 Å². The van der Waals surface area contributed by atoms with Crippen LogP contribution in [0, 0.1) is 0 Å². The van der Waals surface area contributed by atoms with E-state index in [9.17, 15) is 4.39 Å². The molecule has 0 saturated carbocycles. The molecule has 0 aliphatic heterocycles. The van der Waals surface area contributed by atoms with Crippen LogP contribution in [0.4, 0.5) is 10.1 Å². The maximum Gasteiger partial charge on any atom is 0.0785 e. The van der Waals surface area contributed by atoms with Crippen molar-refractivity contribution in [1.82, 2.24) is 14.9 Å². The lowest BCUT2D eigenvalue weighted by atomic mass is 10.0. The summed E-state index contributed by atoms with van der Waals surface area (Å²) in [4.78, 5) is 1.11. The van der Waals surface area contributed by atoms with Crippen molar-refractivity contribution in [2.45, 2.75) is 18.7 Å². The number of benzene rings is 2. The standard InChI is InChI=1S/C18H22N4O2S.C2H6.CH3F/c1-23-8-9-24-7-6-21-25-15-10-16(13-2-4-14(19)5-3-13)17-12-20-22-18(17)11-15;2*1-2/h2-5,10-12,21H,6-9,19H2,1H3,(H,20,22);1-2H3;1H3. The van der Waals surface area contributed by atoms with E-state index in [1.54, 1.807) is 19.1 Å². The van der Waals surface area contributed by atoms with Gasteiger partial charge >= 0.3 is 0 Å². The van der Waals surface area contributed by atoms with Crippen LogP contribution in [-0.4, -0.2) is 50.9 Å². The van der Waals surface area contributed by atoms with E-state index in [0.29, 0.717) is 27.0 Å². The van der Waals surface area contributed by atoms with Gasteiger partial charge in [-0.2, -0.15) is 5.10 Å². The van der Waals surface area contributed by atoms with Gasteiger partial charge in [-0.25, -0.2) is 0 Å². The summed E-state index contributed by atoms with van der Waals surface area (Å²) in [6, 6.07) is 12.1. The second-order valence-corrected chi connectivity index (χ2v) is 6.49. The highest BCUT2D eigenvalue weighted by Gasteiger charge is 2.09. The highest BCUT2D eigenvalue weighted by Crippen LogP contribution is 2.32. The normalized spacial score (nSPS) is 10.1. The van der Waals surface area contributed by atoms with Gasteiger partial charge in [0.05, 0.1) is 38.7 Å². The third-order valence-corrected chi connectivity index (χ3v) is 4.54. The van der Waals surface area contributed by atoms with Gasteiger partial charge in [-0.15, -0.1) is 0 Å². The molecule has 0 unspecified atom stereocenters. The summed E-state index contributed by atoms with van der Waals surface area (Å²) in [6.07, 6.45) is 1.85. The Kier molecular flexibility index (Phi) is 12.7. The van der Waals surface area contributed by atoms with Crippen LogP contribution in [0.15, 0.2) is 47.5 Å². The molecule has 0 saturated heterocycles. The Morgan fingerprint density at radius 3 is 2.52 bits per heavy atom. The van der Waals surface area contributed by atoms with Gasteiger partial charge in [0.25, 0.3) is 0 Å². The molecule has 6 nitrogen and oxygen atoms in total. The molecule has 0 spiro atoms. The summed E-state index contributed by atoms with van der Waals surface area (Å²) < 4.78 is 23.2. The third kappa shape index (κ3) is 8.02. The Hall–Kier alpha value is -2.13. The average Bonchev–Trinajstić information content (AvgIpc) is 3.25. The van der Waals surface area contributed by atoms with E-state index in [4.69, 9.17) is 15.2 Å². The Balaban J connectivity index is 0.000000989. The Morgan fingerprint density at radius 2 is 1.83 bits per heavy atom. The first-order chi connectivity index (χ1) is 14.3. The molecule has 0 amide bonds. The van der Waals surface area contributed by atoms with Crippen molar-refractivity contribution in [3.8, 4) is 11.1 Å². The number of ether oxygens (including phenoxy) is 2. The smallest absolute Gasteiger partial charge is 0.0785 e. The topological polar surface area (TPSA) is 85.2 Å². The minimum absolute atomic E-state index is 0.500. The van der Waals surface area contributed by atoms with Gasteiger partial charge in [0.2, 0.25) is 0 Å². The number of nitrogens with one attached hydrogen (secondary N) is 2. The van der Waals surface area contributed by atoms with Crippen molar-refractivity contribution in [1.29, 1.82) is 0 Å². The molecule has 1 heterocycles. The first kappa shape index (κ1) is 24.9. The minimum atomic E-state index is 0.500. The molecule has 160 valence electrons. The van der Waals surface area contributed by atoms with E-state index in [2.05, 4.69) is 27.1 Å². The largest absolute Gasteiger partial charge is 0.399 e. The SMILES string of the molecule is CC.CF.COCCOCCNSc1cc(-c2ccc(N)cc2)c2cn[nH]c2c1. The Labute approximate surface area is 176 Å². The van der Waals surface area contributed by atoms with Gasteiger partial charge in [-0.05, 0) is 47.3 Å². The van der Waals surface area contributed by atoms with Crippen molar-refractivity contribution in [2.75, 3.05) is 46.4 Å². The molecule has 8 heteroatoms. The second kappa shape index (κ2) is 14.8. The lowest BCUT2D eigenvalue weighted by Gasteiger charge is -2.09. The highest BCUT2D eigenvalue weighted by molar-refractivity contribution is 7.97.